The van der Waals surface area contributed by atoms with Gasteiger partial charge in [0.1, 0.15) is 0 Å². The Morgan fingerprint density at radius 1 is 0.542 bits per heavy atom. The molecule has 0 saturated carbocycles. The molecular weight excluding hydrogens is 326 g/mol. The van der Waals surface area contributed by atoms with Crippen molar-refractivity contribution in [2.45, 2.75) is 13.8 Å². The van der Waals surface area contributed by atoms with Crippen LogP contribution in [-0.2, 0) is 0 Å². The summed E-state index contributed by atoms with van der Waals surface area (Å²) in [6.45, 7) is 4.67. The molecule has 0 aliphatic carbocycles. The lowest BCUT2D eigenvalue weighted by atomic mass is 10.3. The van der Waals surface area contributed by atoms with Gasteiger partial charge in [-0.05, 0) is 41.5 Å². The maximum atomic E-state index is 2.37. The van der Waals surface area contributed by atoms with E-state index in [9.17, 15) is 0 Å². The zero-order chi connectivity index (χ0) is 16.8. The van der Waals surface area contributed by atoms with Gasteiger partial charge in [0.15, 0.2) is 0 Å². The van der Waals surface area contributed by atoms with E-state index in [-0.39, 0.29) is 7.92 Å². The summed E-state index contributed by atoms with van der Waals surface area (Å²) in [4.78, 5) is 0. The zero-order valence-electron chi connectivity index (χ0n) is 14.4. The molecule has 0 N–H and O–H groups in total. The second-order valence-electron chi connectivity index (χ2n) is 5.67. The molecule has 0 saturated heterocycles. The summed E-state index contributed by atoms with van der Waals surface area (Å²) in [5.74, 6) is 0. The Labute approximate surface area is 148 Å². The lowest BCUT2D eigenvalue weighted by molar-refractivity contribution is 1.42. The molecule has 0 aliphatic rings. The second kappa shape index (κ2) is 8.57. The Kier molecular flexibility index (Phi) is 6.19. The van der Waals surface area contributed by atoms with E-state index in [0.29, 0.717) is 0 Å². The molecule has 3 rings (SSSR count). The lowest BCUT2D eigenvalue weighted by Gasteiger charge is -2.25. The summed E-state index contributed by atoms with van der Waals surface area (Å²) < 4.78 is 0. The molecule has 0 atom stereocenters. The van der Waals surface area contributed by atoms with E-state index in [1.807, 2.05) is 0 Å². The van der Waals surface area contributed by atoms with E-state index in [1.54, 1.807) is 10.6 Å². The molecule has 0 amide bonds. The van der Waals surface area contributed by atoms with Crippen molar-refractivity contribution < 1.29 is 0 Å². The number of benzene rings is 3. The quantitative estimate of drug-likeness (QED) is 0.571. The van der Waals surface area contributed by atoms with Gasteiger partial charge in [0.2, 0.25) is 0 Å². The van der Waals surface area contributed by atoms with Gasteiger partial charge in [0, 0.05) is 0 Å². The summed E-state index contributed by atoms with van der Waals surface area (Å²) in [6.07, 6.45) is 2.52. The second-order valence-corrected chi connectivity index (χ2v) is 10.7. The van der Waals surface area contributed by atoms with Crippen molar-refractivity contribution in [2.75, 3.05) is 12.3 Å². The molecule has 0 heterocycles. The predicted octanol–water partition coefficient (Wildman–Crippen LogP) is 4.59. The average Bonchev–Trinajstić information content (AvgIpc) is 2.66. The van der Waals surface area contributed by atoms with E-state index in [1.165, 1.54) is 22.9 Å². The molecule has 0 radical (unpaired) electrons. The topological polar surface area (TPSA) is 0 Å². The largest absolute Gasteiger partial charge is 0.0751 e. The number of rotatable bonds is 6. The maximum absolute atomic E-state index is 2.37. The molecule has 0 spiro atoms. The van der Waals surface area contributed by atoms with Gasteiger partial charge in [-0.1, -0.05) is 107 Å². The molecule has 24 heavy (non-hydrogen) atoms. The van der Waals surface area contributed by atoms with Crippen molar-refractivity contribution in [3.8, 4) is 0 Å². The fourth-order valence-electron chi connectivity index (χ4n) is 3.07. The van der Waals surface area contributed by atoms with Crippen LogP contribution in [0.1, 0.15) is 13.8 Å². The highest BCUT2D eigenvalue weighted by Gasteiger charge is 2.21. The Balaban J connectivity index is 2.17. The van der Waals surface area contributed by atoms with E-state index in [4.69, 9.17) is 0 Å². The van der Waals surface area contributed by atoms with Gasteiger partial charge in [0.25, 0.3) is 0 Å². The normalized spacial score (nSPS) is 11.2. The molecule has 0 nitrogen and oxygen atoms in total. The van der Waals surface area contributed by atoms with Gasteiger partial charge in [-0.15, -0.1) is 0 Å². The third-order valence-corrected chi connectivity index (χ3v) is 9.53. The first-order chi connectivity index (χ1) is 11.8. The minimum absolute atomic E-state index is 0.0691. The SMILES string of the molecule is CCP(CC)c1ccccc1P(c1ccccc1)c1ccccc1. The van der Waals surface area contributed by atoms with E-state index in [2.05, 4.69) is 98.8 Å². The first-order valence-electron chi connectivity index (χ1n) is 8.59. The third-order valence-electron chi connectivity index (χ3n) is 4.26. The van der Waals surface area contributed by atoms with E-state index >= 15 is 0 Å². The summed E-state index contributed by atoms with van der Waals surface area (Å²) in [6, 6.07) is 31.2. The monoisotopic (exact) mass is 350 g/mol. The first kappa shape index (κ1) is 17.3. The predicted molar refractivity (Wildman–Crippen MR) is 113 cm³/mol. The van der Waals surface area contributed by atoms with Gasteiger partial charge in [-0.25, -0.2) is 0 Å². The van der Waals surface area contributed by atoms with Crippen LogP contribution in [0.25, 0.3) is 0 Å². The molecule has 0 aliphatic heterocycles. The highest BCUT2D eigenvalue weighted by Crippen LogP contribution is 2.38. The third kappa shape index (κ3) is 3.77. The number of hydrogen-bond donors (Lipinski definition) is 0. The molecular formula is C22H24P2. The molecule has 0 aromatic heterocycles. The first-order valence-corrected chi connectivity index (χ1v) is 11.6. The van der Waals surface area contributed by atoms with Crippen LogP contribution in [-0.4, -0.2) is 12.3 Å². The van der Waals surface area contributed by atoms with E-state index in [0.717, 1.165) is 0 Å². The van der Waals surface area contributed by atoms with Crippen molar-refractivity contribution in [3.05, 3.63) is 84.9 Å². The van der Waals surface area contributed by atoms with Crippen LogP contribution in [0.3, 0.4) is 0 Å². The Morgan fingerprint density at radius 3 is 1.42 bits per heavy atom. The van der Waals surface area contributed by atoms with E-state index < -0.39 is 7.92 Å². The highest BCUT2D eigenvalue weighted by molar-refractivity contribution is 7.82. The minimum Gasteiger partial charge on any atom is -0.0751 e. The van der Waals surface area contributed by atoms with Gasteiger partial charge >= 0.3 is 0 Å². The van der Waals surface area contributed by atoms with Gasteiger partial charge in [-0.3, -0.25) is 0 Å². The molecule has 122 valence electrons. The Hall–Kier alpha value is -1.48. The fourth-order valence-corrected chi connectivity index (χ4v) is 7.95. The highest BCUT2D eigenvalue weighted by atomic mass is 31.1. The van der Waals surface area contributed by atoms with Gasteiger partial charge in [-0.2, -0.15) is 0 Å². The maximum Gasteiger partial charge on any atom is -0.00742 e. The van der Waals surface area contributed by atoms with Crippen LogP contribution in [0.2, 0.25) is 0 Å². The number of hydrogen-bond acceptors (Lipinski definition) is 0. The van der Waals surface area contributed by atoms with Crippen molar-refractivity contribution in [1.82, 2.24) is 0 Å². The minimum atomic E-state index is -0.494. The van der Waals surface area contributed by atoms with Crippen LogP contribution >= 0.6 is 15.8 Å². The summed E-state index contributed by atoms with van der Waals surface area (Å²) in [5.41, 5.74) is 0. The Bertz CT molecular complexity index is 710. The van der Waals surface area contributed by atoms with Crippen LogP contribution in [0.5, 0.6) is 0 Å². The van der Waals surface area contributed by atoms with Crippen molar-refractivity contribution in [1.29, 1.82) is 0 Å². The smallest absolute Gasteiger partial charge is 0.00742 e. The van der Waals surface area contributed by atoms with Crippen LogP contribution in [0.15, 0.2) is 84.9 Å². The summed E-state index contributed by atoms with van der Waals surface area (Å²) in [5, 5.41) is 6.01. The van der Waals surface area contributed by atoms with Crippen LogP contribution in [0.4, 0.5) is 0 Å². The van der Waals surface area contributed by atoms with Crippen molar-refractivity contribution in [2.24, 2.45) is 0 Å². The standard InChI is InChI=1S/C22H24P2/c1-3-23(4-2)21-17-11-12-18-22(21)24(19-13-7-5-8-14-19)20-15-9-6-10-16-20/h5-18H,3-4H2,1-2H3. The Morgan fingerprint density at radius 2 is 0.958 bits per heavy atom. The summed E-state index contributed by atoms with van der Waals surface area (Å²) >= 11 is 0. The van der Waals surface area contributed by atoms with Crippen LogP contribution < -0.4 is 21.2 Å². The zero-order valence-corrected chi connectivity index (χ0v) is 16.2. The van der Waals surface area contributed by atoms with Crippen molar-refractivity contribution in [3.63, 3.8) is 0 Å². The van der Waals surface area contributed by atoms with Crippen molar-refractivity contribution >= 4 is 37.1 Å². The molecule has 2 heteroatoms. The lowest BCUT2D eigenvalue weighted by Crippen LogP contribution is -2.30. The molecule has 0 fully saturated rings. The molecule has 0 unspecified atom stereocenters. The van der Waals surface area contributed by atoms with Gasteiger partial charge < -0.3 is 0 Å². The fraction of sp³-hybridized carbons (Fsp3) is 0.182. The van der Waals surface area contributed by atoms with Crippen LogP contribution in [0, 0.1) is 0 Å². The molecule has 3 aromatic carbocycles. The van der Waals surface area contributed by atoms with Gasteiger partial charge in [0.05, 0.1) is 0 Å². The average molecular weight is 350 g/mol. The molecule has 0 bridgehead atoms. The molecule has 3 aromatic rings. The summed E-state index contributed by atoms with van der Waals surface area (Å²) in [7, 11) is -0.564.